The van der Waals surface area contributed by atoms with Crippen LogP contribution < -0.4 is 5.32 Å². The Kier molecular flexibility index (Phi) is 4.19. The number of nitrogens with zero attached hydrogens (tertiary/aromatic N) is 1. The van der Waals surface area contributed by atoms with Gasteiger partial charge >= 0.3 is 0 Å². The van der Waals surface area contributed by atoms with E-state index in [0.29, 0.717) is 25.1 Å². The van der Waals surface area contributed by atoms with Crippen LogP contribution in [0.2, 0.25) is 0 Å². The van der Waals surface area contributed by atoms with E-state index < -0.39 is 9.84 Å². The van der Waals surface area contributed by atoms with Gasteiger partial charge in [0.2, 0.25) is 5.91 Å². The lowest BCUT2D eigenvalue weighted by Gasteiger charge is -2.21. The molecule has 1 aliphatic rings. The predicted octanol–water partition coefficient (Wildman–Crippen LogP) is 1.54. The number of carbonyl (C=O) groups excluding carboxylic acids is 1. The van der Waals surface area contributed by atoms with E-state index >= 15 is 0 Å². The molecule has 1 N–H and O–H groups in total. The quantitative estimate of drug-likeness (QED) is 0.912. The second-order valence-electron chi connectivity index (χ2n) is 5.02. The Morgan fingerprint density at radius 1 is 1.42 bits per heavy atom. The zero-order chi connectivity index (χ0) is 13.9. The number of hydrogen-bond acceptors (Lipinski definition) is 4. The molecule has 1 aromatic heterocycles. The smallest absolute Gasteiger partial charge is 0.225 e. The molecule has 1 aromatic rings. The Bertz CT molecular complexity index is 555. The second kappa shape index (κ2) is 5.69. The van der Waals surface area contributed by atoms with Gasteiger partial charge in [0, 0.05) is 12.6 Å². The predicted molar refractivity (Wildman–Crippen MR) is 73.6 cm³/mol. The van der Waals surface area contributed by atoms with E-state index in [-0.39, 0.29) is 23.3 Å². The molecule has 0 bridgehead atoms. The average Bonchev–Trinajstić information content (AvgIpc) is 2.35. The summed E-state index contributed by atoms with van der Waals surface area (Å²) in [4.78, 5) is 16.0. The number of pyridine rings is 1. The fourth-order valence-corrected chi connectivity index (χ4v) is 3.79. The van der Waals surface area contributed by atoms with Gasteiger partial charge in [0.15, 0.2) is 0 Å². The van der Waals surface area contributed by atoms with Gasteiger partial charge in [-0.05, 0) is 37.3 Å². The van der Waals surface area contributed by atoms with Crippen molar-refractivity contribution in [3.63, 3.8) is 0 Å². The summed E-state index contributed by atoms with van der Waals surface area (Å²) in [5.41, 5.74) is 0.919. The molecule has 0 spiro atoms. The largest absolute Gasteiger partial charge is 0.310 e. The van der Waals surface area contributed by atoms with Crippen LogP contribution in [-0.2, 0) is 14.6 Å². The summed E-state index contributed by atoms with van der Waals surface area (Å²) in [5, 5.41) is 2.78. The minimum absolute atomic E-state index is 0.0916. The first kappa shape index (κ1) is 14.0. The van der Waals surface area contributed by atoms with Gasteiger partial charge in [-0.15, -0.1) is 0 Å². The molecule has 5 nitrogen and oxygen atoms in total. The summed E-state index contributed by atoms with van der Waals surface area (Å²) in [6, 6.07) is 3.70. The second-order valence-corrected chi connectivity index (χ2v) is 7.32. The van der Waals surface area contributed by atoms with Crippen LogP contribution in [0.4, 0.5) is 5.82 Å². The van der Waals surface area contributed by atoms with Crippen LogP contribution >= 0.6 is 0 Å². The number of rotatable bonds is 3. The van der Waals surface area contributed by atoms with Gasteiger partial charge in [-0.25, -0.2) is 13.4 Å². The highest BCUT2D eigenvalue weighted by molar-refractivity contribution is 7.91. The zero-order valence-electron chi connectivity index (χ0n) is 10.9. The number of aryl methyl sites for hydroxylation is 1. The maximum atomic E-state index is 11.9. The fraction of sp³-hybridized carbons (Fsp3) is 0.538. The topological polar surface area (TPSA) is 76.1 Å². The highest BCUT2D eigenvalue weighted by Crippen LogP contribution is 2.22. The average molecular weight is 282 g/mol. The molecule has 1 amide bonds. The molecular weight excluding hydrogens is 264 g/mol. The normalized spacial score (nSPS) is 19.0. The molecule has 0 atom stereocenters. The Morgan fingerprint density at radius 2 is 2.11 bits per heavy atom. The van der Waals surface area contributed by atoms with Gasteiger partial charge < -0.3 is 5.32 Å². The third-order valence-corrected chi connectivity index (χ3v) is 5.13. The van der Waals surface area contributed by atoms with Crippen molar-refractivity contribution in [2.45, 2.75) is 26.2 Å². The van der Waals surface area contributed by atoms with Gasteiger partial charge in [0.05, 0.1) is 11.5 Å². The number of anilines is 1. The molecule has 0 unspecified atom stereocenters. The molecule has 6 heteroatoms. The highest BCUT2D eigenvalue weighted by atomic mass is 32.2. The monoisotopic (exact) mass is 282 g/mol. The Balaban J connectivity index is 1.87. The van der Waals surface area contributed by atoms with Crippen molar-refractivity contribution in [3.05, 3.63) is 23.9 Å². The molecular formula is C13H18N2O3S. The molecule has 0 aromatic carbocycles. The SMILES string of the molecule is Cc1cccnc1NC(=O)CC1CCS(=O)(=O)CC1. The zero-order valence-corrected chi connectivity index (χ0v) is 11.7. The summed E-state index contributed by atoms with van der Waals surface area (Å²) < 4.78 is 22.6. The first-order chi connectivity index (χ1) is 8.96. The molecule has 0 aliphatic carbocycles. The third-order valence-electron chi connectivity index (χ3n) is 3.42. The lowest BCUT2D eigenvalue weighted by molar-refractivity contribution is -0.117. The van der Waals surface area contributed by atoms with Crippen molar-refractivity contribution < 1.29 is 13.2 Å². The molecule has 0 radical (unpaired) electrons. The number of carbonyl (C=O) groups is 1. The molecule has 2 rings (SSSR count). The molecule has 19 heavy (non-hydrogen) atoms. The van der Waals surface area contributed by atoms with Gasteiger partial charge in [-0.1, -0.05) is 6.07 Å². The third kappa shape index (κ3) is 4.02. The van der Waals surface area contributed by atoms with Crippen molar-refractivity contribution in [2.75, 3.05) is 16.8 Å². The van der Waals surface area contributed by atoms with Gasteiger partial charge in [-0.2, -0.15) is 0 Å². The van der Waals surface area contributed by atoms with E-state index in [1.807, 2.05) is 19.1 Å². The summed E-state index contributed by atoms with van der Waals surface area (Å²) >= 11 is 0. The molecule has 0 saturated carbocycles. The minimum atomic E-state index is -2.86. The van der Waals surface area contributed by atoms with Crippen LogP contribution in [-0.4, -0.2) is 30.8 Å². The molecule has 1 fully saturated rings. The van der Waals surface area contributed by atoms with Crippen LogP contribution in [0.15, 0.2) is 18.3 Å². The Hall–Kier alpha value is -1.43. The van der Waals surface area contributed by atoms with E-state index in [1.165, 1.54) is 0 Å². The summed E-state index contributed by atoms with van der Waals surface area (Å²) in [6.45, 7) is 1.88. The lowest BCUT2D eigenvalue weighted by atomic mass is 9.98. The summed E-state index contributed by atoms with van der Waals surface area (Å²) in [7, 11) is -2.86. The van der Waals surface area contributed by atoms with Crippen LogP contribution in [0, 0.1) is 12.8 Å². The summed E-state index contributed by atoms with van der Waals surface area (Å²) in [5.74, 6) is 1.05. The fourth-order valence-electron chi connectivity index (χ4n) is 2.20. The van der Waals surface area contributed by atoms with E-state index in [1.54, 1.807) is 6.20 Å². The minimum Gasteiger partial charge on any atom is -0.310 e. The van der Waals surface area contributed by atoms with Crippen LogP contribution in [0.5, 0.6) is 0 Å². The van der Waals surface area contributed by atoms with E-state index in [9.17, 15) is 13.2 Å². The van der Waals surface area contributed by atoms with Crippen LogP contribution in [0.25, 0.3) is 0 Å². The first-order valence-electron chi connectivity index (χ1n) is 6.38. The van der Waals surface area contributed by atoms with E-state index in [4.69, 9.17) is 0 Å². The van der Waals surface area contributed by atoms with Crippen LogP contribution in [0.3, 0.4) is 0 Å². The number of nitrogens with one attached hydrogen (secondary N) is 1. The van der Waals surface area contributed by atoms with Gasteiger partial charge in [0.1, 0.15) is 15.7 Å². The van der Waals surface area contributed by atoms with E-state index in [2.05, 4.69) is 10.3 Å². The number of aromatic nitrogens is 1. The molecule has 2 heterocycles. The molecule has 1 aliphatic heterocycles. The lowest BCUT2D eigenvalue weighted by Crippen LogP contribution is -2.26. The number of hydrogen-bond donors (Lipinski definition) is 1. The van der Waals surface area contributed by atoms with Gasteiger partial charge in [0.25, 0.3) is 0 Å². The van der Waals surface area contributed by atoms with Crippen LogP contribution in [0.1, 0.15) is 24.8 Å². The molecule has 104 valence electrons. The number of amides is 1. The maximum absolute atomic E-state index is 11.9. The van der Waals surface area contributed by atoms with Crippen molar-refractivity contribution in [1.82, 2.24) is 4.98 Å². The Morgan fingerprint density at radius 3 is 2.74 bits per heavy atom. The number of sulfone groups is 1. The summed E-state index contributed by atoms with van der Waals surface area (Å²) in [6.07, 6.45) is 3.16. The first-order valence-corrected chi connectivity index (χ1v) is 8.20. The molecule has 1 saturated heterocycles. The highest BCUT2D eigenvalue weighted by Gasteiger charge is 2.25. The standard InChI is InChI=1S/C13H18N2O3S/c1-10-3-2-6-14-13(10)15-12(16)9-11-4-7-19(17,18)8-5-11/h2-3,6,11H,4-5,7-9H2,1H3,(H,14,15,16). The van der Waals surface area contributed by atoms with Crippen molar-refractivity contribution in [3.8, 4) is 0 Å². The maximum Gasteiger partial charge on any atom is 0.225 e. The van der Waals surface area contributed by atoms with Crippen molar-refractivity contribution in [1.29, 1.82) is 0 Å². The van der Waals surface area contributed by atoms with Gasteiger partial charge in [-0.3, -0.25) is 4.79 Å². The van der Waals surface area contributed by atoms with Crippen molar-refractivity contribution >= 4 is 21.6 Å². The van der Waals surface area contributed by atoms with Crippen molar-refractivity contribution in [2.24, 2.45) is 5.92 Å². The van der Waals surface area contributed by atoms with E-state index in [0.717, 1.165) is 5.56 Å². The Labute approximate surface area is 113 Å².